The van der Waals surface area contributed by atoms with Gasteiger partial charge >= 0.3 is 0 Å². The van der Waals surface area contributed by atoms with E-state index in [1.165, 1.54) is 35.1 Å². The minimum atomic E-state index is 0.762. The lowest BCUT2D eigenvalue weighted by molar-refractivity contribution is 0.774. The summed E-state index contributed by atoms with van der Waals surface area (Å²) in [5.41, 5.74) is 5.47. The highest BCUT2D eigenvalue weighted by Crippen LogP contribution is 2.41. The lowest BCUT2D eigenvalue weighted by Crippen LogP contribution is -1.87. The maximum Gasteiger partial charge on any atom is -0.0165 e. The summed E-state index contributed by atoms with van der Waals surface area (Å²) in [6, 6.07) is 21.3. The van der Waals surface area contributed by atoms with E-state index in [0.29, 0.717) is 0 Å². The molecule has 0 amide bonds. The van der Waals surface area contributed by atoms with Crippen LogP contribution in [0, 0.1) is 5.92 Å². The van der Waals surface area contributed by atoms with E-state index in [1.54, 1.807) is 0 Å². The van der Waals surface area contributed by atoms with Crippen LogP contribution in [-0.2, 0) is 0 Å². The van der Waals surface area contributed by atoms with Gasteiger partial charge in [-0.25, -0.2) is 0 Å². The number of rotatable bonds is 5. The van der Waals surface area contributed by atoms with Crippen molar-refractivity contribution in [1.82, 2.24) is 0 Å². The molecule has 1 atom stereocenters. The van der Waals surface area contributed by atoms with Crippen molar-refractivity contribution in [2.45, 2.75) is 19.3 Å². The molecule has 0 radical (unpaired) electrons. The minimum Gasteiger partial charge on any atom is -0.0995 e. The lowest BCUT2D eigenvalue weighted by Gasteiger charge is -2.08. The molecular formula is C20H20. The molecule has 0 bridgehead atoms. The SMILES string of the molecule is C=C1CC1CCC(=Cc1ccccc1)c1ccccc1. The molecule has 0 spiro atoms. The molecular weight excluding hydrogens is 240 g/mol. The fraction of sp³-hybridized carbons (Fsp3) is 0.200. The van der Waals surface area contributed by atoms with Gasteiger partial charge in [-0.05, 0) is 41.9 Å². The Kier molecular flexibility index (Phi) is 3.83. The van der Waals surface area contributed by atoms with E-state index in [9.17, 15) is 0 Å². The van der Waals surface area contributed by atoms with E-state index in [-0.39, 0.29) is 0 Å². The van der Waals surface area contributed by atoms with E-state index in [2.05, 4.69) is 73.3 Å². The summed E-state index contributed by atoms with van der Waals surface area (Å²) < 4.78 is 0. The summed E-state index contributed by atoms with van der Waals surface area (Å²) in [6.45, 7) is 4.06. The molecule has 1 aliphatic carbocycles. The Balaban J connectivity index is 1.83. The Morgan fingerprint density at radius 3 is 2.20 bits per heavy atom. The average Bonchev–Trinajstić information content (AvgIpc) is 3.21. The van der Waals surface area contributed by atoms with Gasteiger partial charge < -0.3 is 0 Å². The van der Waals surface area contributed by atoms with Crippen molar-refractivity contribution in [3.8, 4) is 0 Å². The Morgan fingerprint density at radius 2 is 1.60 bits per heavy atom. The number of hydrogen-bond acceptors (Lipinski definition) is 0. The minimum absolute atomic E-state index is 0.762. The molecule has 1 unspecified atom stereocenters. The lowest BCUT2D eigenvalue weighted by atomic mass is 9.97. The van der Waals surface area contributed by atoms with Crippen LogP contribution in [0.3, 0.4) is 0 Å². The molecule has 0 saturated heterocycles. The highest BCUT2D eigenvalue weighted by molar-refractivity contribution is 5.81. The average molecular weight is 260 g/mol. The zero-order valence-corrected chi connectivity index (χ0v) is 11.8. The third kappa shape index (κ3) is 3.27. The highest BCUT2D eigenvalue weighted by Gasteiger charge is 2.26. The predicted octanol–water partition coefficient (Wildman–Crippen LogP) is 5.58. The van der Waals surface area contributed by atoms with Gasteiger partial charge in [0, 0.05) is 0 Å². The zero-order valence-electron chi connectivity index (χ0n) is 11.8. The van der Waals surface area contributed by atoms with Gasteiger partial charge in [0.25, 0.3) is 0 Å². The molecule has 0 aliphatic heterocycles. The van der Waals surface area contributed by atoms with Crippen LogP contribution >= 0.6 is 0 Å². The molecule has 2 aromatic carbocycles. The molecule has 100 valence electrons. The predicted molar refractivity (Wildman–Crippen MR) is 87.2 cm³/mol. The molecule has 1 aliphatic rings. The first-order chi connectivity index (χ1) is 9.83. The summed E-state index contributed by atoms with van der Waals surface area (Å²) in [5.74, 6) is 0.762. The van der Waals surface area contributed by atoms with Crippen molar-refractivity contribution >= 4 is 11.6 Å². The first-order valence-corrected chi connectivity index (χ1v) is 7.31. The van der Waals surface area contributed by atoms with E-state index >= 15 is 0 Å². The molecule has 0 aromatic heterocycles. The van der Waals surface area contributed by atoms with Crippen molar-refractivity contribution < 1.29 is 0 Å². The van der Waals surface area contributed by atoms with Crippen molar-refractivity contribution in [2.75, 3.05) is 0 Å². The smallest absolute Gasteiger partial charge is 0.0165 e. The molecule has 2 aromatic rings. The summed E-state index contributed by atoms with van der Waals surface area (Å²) in [5, 5.41) is 0. The van der Waals surface area contributed by atoms with Crippen molar-refractivity contribution in [2.24, 2.45) is 5.92 Å². The molecule has 0 heteroatoms. The van der Waals surface area contributed by atoms with Crippen molar-refractivity contribution in [3.63, 3.8) is 0 Å². The van der Waals surface area contributed by atoms with Crippen LogP contribution in [0.2, 0.25) is 0 Å². The van der Waals surface area contributed by atoms with E-state index in [1.807, 2.05) is 0 Å². The quantitative estimate of drug-likeness (QED) is 0.486. The standard InChI is InChI=1S/C20H20/c1-16-14-19(16)12-13-20(18-10-6-3-7-11-18)15-17-8-4-2-5-9-17/h2-11,15,19H,1,12-14H2. The van der Waals surface area contributed by atoms with Gasteiger partial charge in [0.05, 0.1) is 0 Å². The Labute approximate surface area is 121 Å². The summed E-state index contributed by atoms with van der Waals surface area (Å²) in [4.78, 5) is 0. The highest BCUT2D eigenvalue weighted by atomic mass is 14.3. The number of allylic oxidation sites excluding steroid dienone is 2. The molecule has 20 heavy (non-hydrogen) atoms. The van der Waals surface area contributed by atoms with E-state index in [0.717, 1.165) is 12.3 Å². The second kappa shape index (κ2) is 5.92. The summed E-state index contributed by atoms with van der Waals surface area (Å²) in [6.07, 6.45) is 5.91. The monoisotopic (exact) mass is 260 g/mol. The van der Waals surface area contributed by atoms with Gasteiger partial charge in [-0.2, -0.15) is 0 Å². The molecule has 1 fully saturated rings. The zero-order chi connectivity index (χ0) is 13.8. The van der Waals surface area contributed by atoms with Crippen molar-refractivity contribution in [3.05, 3.63) is 83.9 Å². The molecule has 1 saturated carbocycles. The van der Waals surface area contributed by atoms with E-state index < -0.39 is 0 Å². The maximum absolute atomic E-state index is 4.06. The van der Waals surface area contributed by atoms with Crippen LogP contribution in [0.1, 0.15) is 30.4 Å². The Hall–Kier alpha value is -2.08. The van der Waals surface area contributed by atoms with Crippen LogP contribution in [0.4, 0.5) is 0 Å². The van der Waals surface area contributed by atoms with Gasteiger partial charge in [-0.3, -0.25) is 0 Å². The van der Waals surface area contributed by atoms with Crippen LogP contribution < -0.4 is 0 Å². The topological polar surface area (TPSA) is 0 Å². The van der Waals surface area contributed by atoms with Gasteiger partial charge in [0.15, 0.2) is 0 Å². The fourth-order valence-electron chi connectivity index (χ4n) is 2.60. The van der Waals surface area contributed by atoms with Gasteiger partial charge in [-0.15, -0.1) is 0 Å². The van der Waals surface area contributed by atoms with Gasteiger partial charge in [0.2, 0.25) is 0 Å². The fourth-order valence-corrected chi connectivity index (χ4v) is 2.60. The van der Waals surface area contributed by atoms with Crippen LogP contribution in [0.25, 0.3) is 11.6 Å². The first-order valence-electron chi connectivity index (χ1n) is 7.31. The summed E-state index contributed by atoms with van der Waals surface area (Å²) >= 11 is 0. The second-order valence-electron chi connectivity index (χ2n) is 5.54. The molecule has 3 rings (SSSR count). The molecule has 0 N–H and O–H groups in total. The Bertz CT molecular complexity index is 605. The maximum atomic E-state index is 4.06. The van der Waals surface area contributed by atoms with Crippen LogP contribution in [0.15, 0.2) is 72.8 Å². The molecule has 0 nitrogen and oxygen atoms in total. The van der Waals surface area contributed by atoms with Gasteiger partial charge in [-0.1, -0.05) is 78.9 Å². The second-order valence-corrected chi connectivity index (χ2v) is 5.54. The molecule has 0 heterocycles. The third-order valence-electron chi connectivity index (χ3n) is 3.97. The Morgan fingerprint density at radius 1 is 1.00 bits per heavy atom. The van der Waals surface area contributed by atoms with Crippen molar-refractivity contribution in [1.29, 1.82) is 0 Å². The van der Waals surface area contributed by atoms with E-state index in [4.69, 9.17) is 0 Å². The normalized spacial score (nSPS) is 18.1. The first kappa shape index (κ1) is 12.9. The third-order valence-corrected chi connectivity index (χ3v) is 3.97. The van der Waals surface area contributed by atoms with Crippen LogP contribution in [-0.4, -0.2) is 0 Å². The summed E-state index contributed by atoms with van der Waals surface area (Å²) in [7, 11) is 0. The number of hydrogen-bond donors (Lipinski definition) is 0. The van der Waals surface area contributed by atoms with Crippen LogP contribution in [0.5, 0.6) is 0 Å². The van der Waals surface area contributed by atoms with Gasteiger partial charge in [0.1, 0.15) is 0 Å². The number of benzene rings is 2. The largest absolute Gasteiger partial charge is 0.0995 e.